The fourth-order valence-electron chi connectivity index (χ4n) is 2.18. The van der Waals surface area contributed by atoms with E-state index in [4.69, 9.17) is 5.11 Å². The number of carboxylic acids is 1. The van der Waals surface area contributed by atoms with E-state index < -0.39 is 17.9 Å². The lowest BCUT2D eigenvalue weighted by atomic mass is 10.2. The normalized spacial score (nSPS) is 11.9. The summed E-state index contributed by atoms with van der Waals surface area (Å²) in [5, 5.41) is 19.4. The van der Waals surface area contributed by atoms with Gasteiger partial charge in [0.15, 0.2) is 5.69 Å². The van der Waals surface area contributed by atoms with E-state index in [0.717, 1.165) is 0 Å². The highest BCUT2D eigenvalue weighted by Gasteiger charge is 2.18. The Labute approximate surface area is 147 Å². The van der Waals surface area contributed by atoms with Crippen molar-refractivity contribution in [2.45, 2.75) is 19.5 Å². The average Bonchev–Trinajstić information content (AvgIpc) is 3.26. The Kier molecular flexibility index (Phi) is 4.74. The summed E-state index contributed by atoms with van der Waals surface area (Å²) in [7, 11) is 0. The van der Waals surface area contributed by atoms with Crippen LogP contribution in [-0.2, 0) is 11.3 Å². The fourth-order valence-corrected chi connectivity index (χ4v) is 2.18. The predicted octanol–water partition coefficient (Wildman–Crippen LogP) is 1.56. The monoisotopic (exact) mass is 358 g/mol. The van der Waals surface area contributed by atoms with Gasteiger partial charge in [-0.1, -0.05) is 18.2 Å². The number of hydrogen-bond acceptors (Lipinski definition) is 5. The summed E-state index contributed by atoms with van der Waals surface area (Å²) in [5.74, 6) is -1.96. The molecule has 0 aliphatic rings. The molecular weight excluding hydrogens is 343 g/mol. The fraction of sp³-hybridized carbons (Fsp3) is 0.188. The van der Waals surface area contributed by atoms with E-state index >= 15 is 0 Å². The highest BCUT2D eigenvalue weighted by Crippen LogP contribution is 2.10. The van der Waals surface area contributed by atoms with Crippen molar-refractivity contribution < 1.29 is 19.1 Å². The van der Waals surface area contributed by atoms with Crippen LogP contribution in [0.25, 0.3) is 0 Å². The van der Waals surface area contributed by atoms with Gasteiger partial charge in [-0.3, -0.25) is 14.8 Å². The molecule has 1 unspecified atom stereocenters. The summed E-state index contributed by atoms with van der Waals surface area (Å²) in [6.45, 7) is 1.61. The molecule has 0 aliphatic heterocycles. The Hall–Kier alpha value is -3.56. The molecule has 1 atom stereocenters. The quantitative estimate of drug-likeness (QED) is 0.691. The molecule has 3 rings (SSSR count). The number of aromatic nitrogens is 5. The molecule has 1 aromatic carbocycles. The van der Waals surface area contributed by atoms with Crippen molar-refractivity contribution in [2.75, 3.05) is 5.32 Å². The van der Waals surface area contributed by atoms with Crippen LogP contribution in [-0.4, -0.2) is 41.5 Å². The van der Waals surface area contributed by atoms with Crippen molar-refractivity contribution in [1.29, 1.82) is 0 Å². The van der Waals surface area contributed by atoms with Crippen molar-refractivity contribution in [1.82, 2.24) is 24.5 Å². The molecule has 2 heterocycles. The second-order valence-electron chi connectivity index (χ2n) is 5.51. The zero-order valence-electron chi connectivity index (χ0n) is 13.7. The number of halogens is 1. The zero-order chi connectivity index (χ0) is 18.7. The van der Waals surface area contributed by atoms with Crippen LogP contribution >= 0.6 is 0 Å². The minimum Gasteiger partial charge on any atom is -0.480 e. The van der Waals surface area contributed by atoms with Crippen molar-refractivity contribution in [2.24, 2.45) is 0 Å². The summed E-state index contributed by atoms with van der Waals surface area (Å²) in [6, 6.07) is 6.79. The lowest BCUT2D eigenvalue weighted by Gasteiger charge is -2.05. The van der Waals surface area contributed by atoms with E-state index in [2.05, 4.69) is 20.5 Å². The molecule has 9 nitrogen and oxygen atoms in total. The summed E-state index contributed by atoms with van der Waals surface area (Å²) >= 11 is 0. The highest BCUT2D eigenvalue weighted by molar-refractivity contribution is 6.01. The van der Waals surface area contributed by atoms with Gasteiger partial charge in [0.25, 0.3) is 5.91 Å². The number of aliphatic carboxylic acids is 1. The molecule has 0 fully saturated rings. The van der Waals surface area contributed by atoms with Crippen LogP contribution in [0.15, 0.2) is 42.9 Å². The first kappa shape index (κ1) is 17.3. The van der Waals surface area contributed by atoms with Crippen LogP contribution in [0.4, 0.5) is 10.3 Å². The number of hydrogen-bond donors (Lipinski definition) is 2. The molecule has 10 heteroatoms. The molecular formula is C16H15FN6O3. The minimum atomic E-state index is -1.06. The maximum absolute atomic E-state index is 13.7. The van der Waals surface area contributed by atoms with Gasteiger partial charge in [-0.05, 0) is 19.1 Å². The van der Waals surface area contributed by atoms with Gasteiger partial charge in [-0.15, -0.1) is 5.10 Å². The predicted molar refractivity (Wildman–Crippen MR) is 88.1 cm³/mol. The number of anilines is 1. The maximum atomic E-state index is 13.7. The Morgan fingerprint density at radius 3 is 2.77 bits per heavy atom. The van der Waals surface area contributed by atoms with Gasteiger partial charge in [-0.25, -0.2) is 18.9 Å². The Bertz CT molecular complexity index is 951. The number of carbonyl (C=O) groups excluding carboxylic acids is 1. The minimum absolute atomic E-state index is 0.0311. The first-order chi connectivity index (χ1) is 12.4. The van der Waals surface area contributed by atoms with Crippen LogP contribution in [0, 0.1) is 5.82 Å². The Balaban J connectivity index is 1.66. The van der Waals surface area contributed by atoms with Crippen molar-refractivity contribution in [3.05, 3.63) is 59.9 Å². The molecule has 3 aromatic rings. The lowest BCUT2D eigenvalue weighted by molar-refractivity contribution is -0.140. The Morgan fingerprint density at radius 1 is 1.27 bits per heavy atom. The van der Waals surface area contributed by atoms with E-state index in [-0.39, 0.29) is 24.0 Å². The van der Waals surface area contributed by atoms with E-state index in [1.54, 1.807) is 18.2 Å². The van der Waals surface area contributed by atoms with Gasteiger partial charge in [0.05, 0.1) is 6.54 Å². The summed E-state index contributed by atoms with van der Waals surface area (Å²) < 4.78 is 16.2. The van der Waals surface area contributed by atoms with E-state index in [0.29, 0.717) is 5.56 Å². The highest BCUT2D eigenvalue weighted by atomic mass is 19.1. The first-order valence-electron chi connectivity index (χ1n) is 7.66. The molecule has 0 bridgehead atoms. The zero-order valence-corrected chi connectivity index (χ0v) is 13.7. The third-order valence-corrected chi connectivity index (χ3v) is 3.65. The molecule has 0 spiro atoms. The molecule has 2 aromatic heterocycles. The van der Waals surface area contributed by atoms with E-state index in [1.165, 1.54) is 40.9 Å². The topological polar surface area (TPSA) is 115 Å². The van der Waals surface area contributed by atoms with Gasteiger partial charge in [0.2, 0.25) is 5.95 Å². The smallest absolute Gasteiger partial charge is 0.328 e. The van der Waals surface area contributed by atoms with Gasteiger partial charge in [-0.2, -0.15) is 5.10 Å². The molecule has 0 radical (unpaired) electrons. The molecule has 0 aliphatic carbocycles. The van der Waals surface area contributed by atoms with Crippen molar-refractivity contribution >= 4 is 17.8 Å². The average molecular weight is 358 g/mol. The Morgan fingerprint density at radius 2 is 2.04 bits per heavy atom. The number of benzene rings is 1. The summed E-state index contributed by atoms with van der Waals surface area (Å²) in [4.78, 5) is 27.0. The van der Waals surface area contributed by atoms with Gasteiger partial charge in [0.1, 0.15) is 18.2 Å². The van der Waals surface area contributed by atoms with Gasteiger partial charge < -0.3 is 5.11 Å². The van der Waals surface area contributed by atoms with Crippen LogP contribution in [0.5, 0.6) is 0 Å². The van der Waals surface area contributed by atoms with Gasteiger partial charge >= 0.3 is 5.97 Å². The molecule has 26 heavy (non-hydrogen) atoms. The second kappa shape index (κ2) is 7.13. The van der Waals surface area contributed by atoms with Gasteiger partial charge in [0, 0.05) is 11.8 Å². The van der Waals surface area contributed by atoms with Crippen LogP contribution in [0.1, 0.15) is 29.0 Å². The number of amides is 1. The number of carboxylic acid groups (broad SMARTS) is 1. The maximum Gasteiger partial charge on any atom is 0.328 e. The van der Waals surface area contributed by atoms with E-state index in [9.17, 15) is 14.0 Å². The van der Waals surface area contributed by atoms with Crippen molar-refractivity contribution in [3.63, 3.8) is 0 Å². The number of nitrogens with zero attached hydrogens (tertiary/aromatic N) is 5. The SMILES string of the molecule is CC(C(=O)O)n1ccc(C(=O)Nc2ncn(Cc3ccccc3F)n2)n1. The third kappa shape index (κ3) is 3.74. The van der Waals surface area contributed by atoms with Crippen LogP contribution < -0.4 is 5.32 Å². The van der Waals surface area contributed by atoms with Crippen LogP contribution in [0.2, 0.25) is 0 Å². The lowest BCUT2D eigenvalue weighted by Crippen LogP contribution is -2.18. The van der Waals surface area contributed by atoms with Crippen molar-refractivity contribution in [3.8, 4) is 0 Å². The third-order valence-electron chi connectivity index (χ3n) is 3.65. The summed E-state index contributed by atoms with van der Waals surface area (Å²) in [6.07, 6.45) is 2.77. The number of rotatable bonds is 6. The number of carbonyl (C=O) groups is 2. The van der Waals surface area contributed by atoms with E-state index in [1.807, 2.05) is 0 Å². The second-order valence-corrected chi connectivity index (χ2v) is 5.51. The molecule has 0 saturated heterocycles. The molecule has 2 N–H and O–H groups in total. The first-order valence-corrected chi connectivity index (χ1v) is 7.66. The molecule has 1 amide bonds. The molecule has 134 valence electrons. The largest absolute Gasteiger partial charge is 0.480 e. The standard InChI is InChI=1S/C16H15FN6O3/c1-10(15(25)26)23-7-6-13(20-23)14(24)19-16-18-9-22(21-16)8-11-4-2-3-5-12(11)17/h2-7,9-10H,8H2,1H3,(H,25,26)(H,19,21,24). The number of nitrogens with one attached hydrogen (secondary N) is 1. The van der Waals surface area contributed by atoms with Crippen LogP contribution in [0.3, 0.4) is 0 Å². The summed E-state index contributed by atoms with van der Waals surface area (Å²) in [5.41, 5.74) is 0.472. The molecule has 0 saturated carbocycles.